The van der Waals surface area contributed by atoms with Gasteiger partial charge in [0.25, 0.3) is 5.91 Å². The molecule has 1 unspecified atom stereocenters. The Morgan fingerprint density at radius 2 is 1.78 bits per heavy atom. The van der Waals surface area contributed by atoms with Crippen LogP contribution in [0.15, 0.2) is 35.5 Å². The van der Waals surface area contributed by atoms with Crippen LogP contribution in [0.2, 0.25) is 0 Å². The average molecular weight is 590 g/mol. The summed E-state index contributed by atoms with van der Waals surface area (Å²) >= 11 is 1.16. The van der Waals surface area contributed by atoms with Crippen molar-refractivity contribution >= 4 is 53.4 Å². The van der Waals surface area contributed by atoms with Crippen LogP contribution in [0.5, 0.6) is 5.75 Å². The molecule has 3 atom stereocenters. The zero-order valence-electron chi connectivity index (χ0n) is 22.0. The molecular weight excluding hydrogens is 562 g/mol. The van der Waals surface area contributed by atoms with Gasteiger partial charge in [0.1, 0.15) is 35.5 Å². The number of benzene rings is 1. The number of ether oxygens (including phenoxy) is 1. The second kappa shape index (κ2) is 11.9. The Morgan fingerprint density at radius 3 is 2.39 bits per heavy atom. The van der Waals surface area contributed by atoms with Crippen molar-refractivity contribution in [1.82, 2.24) is 25.3 Å². The van der Waals surface area contributed by atoms with Gasteiger partial charge in [-0.3, -0.25) is 33.8 Å². The van der Waals surface area contributed by atoms with Crippen molar-refractivity contribution in [3.8, 4) is 5.75 Å². The highest BCUT2D eigenvalue weighted by molar-refractivity contribution is 8.00. The minimum atomic E-state index is -1.44. The molecule has 41 heavy (non-hydrogen) atoms. The number of esters is 1. The van der Waals surface area contributed by atoms with Gasteiger partial charge in [-0.1, -0.05) is 12.1 Å². The quantitative estimate of drug-likeness (QED) is 0.167. The number of aliphatic carboxylic acids is 1. The maximum absolute atomic E-state index is 13.4. The first-order chi connectivity index (χ1) is 19.4. The summed E-state index contributed by atoms with van der Waals surface area (Å²) in [5, 5.41) is 23.6. The lowest BCUT2D eigenvalue weighted by Gasteiger charge is -2.49. The van der Waals surface area contributed by atoms with Crippen LogP contribution in [-0.2, 0) is 33.5 Å². The second-order valence-corrected chi connectivity index (χ2v) is 10.4. The summed E-state index contributed by atoms with van der Waals surface area (Å²) in [6, 6.07) is 1.67. The number of carbonyl (C=O) groups excluding carboxylic acids is 6. The van der Waals surface area contributed by atoms with E-state index in [4.69, 9.17) is 4.74 Å². The topological polar surface area (TPSA) is 203 Å². The van der Waals surface area contributed by atoms with Gasteiger partial charge in [-0.25, -0.2) is 9.59 Å². The fourth-order valence-electron chi connectivity index (χ4n) is 4.56. The number of hydrogen-bond donors (Lipinski definition) is 4. The summed E-state index contributed by atoms with van der Waals surface area (Å²) in [7, 11) is 0. The smallest absolute Gasteiger partial charge is 0.352 e. The number of hydrogen-bond acceptors (Lipinski definition) is 10. The molecule has 2 saturated heterocycles. The van der Waals surface area contributed by atoms with E-state index in [9.17, 15) is 43.8 Å². The van der Waals surface area contributed by atoms with Gasteiger partial charge in [0.15, 0.2) is 0 Å². The third-order valence-corrected chi connectivity index (χ3v) is 8.03. The summed E-state index contributed by atoms with van der Waals surface area (Å²) in [4.78, 5) is 90.4. The van der Waals surface area contributed by atoms with E-state index in [1.807, 2.05) is 0 Å². The van der Waals surface area contributed by atoms with Crippen LogP contribution in [0.4, 0.5) is 4.79 Å². The van der Waals surface area contributed by atoms with E-state index in [0.717, 1.165) is 16.7 Å². The van der Waals surface area contributed by atoms with Gasteiger partial charge in [-0.2, -0.15) is 0 Å². The average Bonchev–Trinajstić information content (AvgIpc) is 2.94. The fourth-order valence-corrected chi connectivity index (χ4v) is 5.89. The highest BCUT2D eigenvalue weighted by atomic mass is 32.2. The van der Waals surface area contributed by atoms with E-state index in [2.05, 4.69) is 10.6 Å². The minimum absolute atomic E-state index is 0.0943. The van der Waals surface area contributed by atoms with E-state index < -0.39 is 59.1 Å². The molecule has 0 bridgehead atoms. The zero-order chi connectivity index (χ0) is 30.0. The van der Waals surface area contributed by atoms with Crippen molar-refractivity contribution in [2.24, 2.45) is 0 Å². The molecule has 16 heteroatoms. The van der Waals surface area contributed by atoms with Gasteiger partial charge in [-0.15, -0.1) is 11.8 Å². The predicted octanol–water partition coefficient (Wildman–Crippen LogP) is -0.865. The van der Waals surface area contributed by atoms with Crippen LogP contribution in [-0.4, -0.2) is 110 Å². The maximum Gasteiger partial charge on any atom is 0.352 e. The highest BCUT2D eigenvalue weighted by Gasteiger charge is 2.54. The van der Waals surface area contributed by atoms with Crippen LogP contribution < -0.4 is 10.6 Å². The normalized spacial score (nSPS) is 21.1. The molecule has 1 aromatic carbocycles. The lowest BCUT2D eigenvalue weighted by molar-refractivity contribution is -0.153. The van der Waals surface area contributed by atoms with Gasteiger partial charge in [0.05, 0.1) is 0 Å². The number of carboxylic acid groups (broad SMARTS) is 1. The van der Waals surface area contributed by atoms with E-state index in [-0.39, 0.29) is 54.6 Å². The number of amides is 6. The standard InChI is InChI=1S/C25H27N5O10S/c1-3-28-8-9-29(22(36)21(28)35)25(39)27-16(13-4-6-15(32)7-5-13)19(33)26-17-20(34)30-18(24(37)38)14(10-40-12(2)31)11-41-23(17)30/h4-7,16-17,23,32H,3,8-11H2,1-2H3,(H,26,33)(H,27,39)(H,37,38)/t16?,17-,23-/m1/s1. The Bertz CT molecular complexity index is 1350. The molecule has 1 aromatic rings. The Balaban J connectivity index is 1.52. The Morgan fingerprint density at radius 1 is 1.10 bits per heavy atom. The number of rotatable bonds is 8. The molecule has 6 amide bonds. The van der Waals surface area contributed by atoms with Gasteiger partial charge in [0.2, 0.25) is 5.91 Å². The number of imide groups is 1. The zero-order valence-corrected chi connectivity index (χ0v) is 22.8. The van der Waals surface area contributed by atoms with Gasteiger partial charge >= 0.3 is 29.8 Å². The Hall–Kier alpha value is -4.60. The molecule has 3 aliphatic heterocycles. The number of carboxylic acids is 1. The third-order valence-electron chi connectivity index (χ3n) is 6.69. The molecule has 3 aliphatic rings. The summed E-state index contributed by atoms with van der Waals surface area (Å²) in [5.41, 5.74) is 0.0984. The van der Waals surface area contributed by atoms with Crippen molar-refractivity contribution in [3.63, 3.8) is 0 Å². The molecule has 0 spiro atoms. The van der Waals surface area contributed by atoms with E-state index in [0.29, 0.717) is 4.90 Å². The van der Waals surface area contributed by atoms with Crippen LogP contribution in [0, 0.1) is 0 Å². The lowest BCUT2D eigenvalue weighted by atomic mass is 10.0. The number of nitrogens with one attached hydrogen (secondary N) is 2. The highest BCUT2D eigenvalue weighted by Crippen LogP contribution is 2.40. The number of aromatic hydroxyl groups is 1. The first-order valence-electron chi connectivity index (χ1n) is 12.5. The van der Waals surface area contributed by atoms with Gasteiger partial charge < -0.3 is 30.5 Å². The number of nitrogens with zero attached hydrogens (tertiary/aromatic N) is 3. The van der Waals surface area contributed by atoms with Crippen LogP contribution >= 0.6 is 11.8 Å². The van der Waals surface area contributed by atoms with Gasteiger partial charge in [0, 0.05) is 37.9 Å². The molecule has 0 aromatic heterocycles. The first kappa shape index (κ1) is 29.4. The Kier molecular flexibility index (Phi) is 8.51. The third kappa shape index (κ3) is 5.82. The van der Waals surface area contributed by atoms with Crippen LogP contribution in [0.1, 0.15) is 25.5 Å². The van der Waals surface area contributed by atoms with Crippen molar-refractivity contribution in [3.05, 3.63) is 41.1 Å². The molecule has 4 N–H and O–H groups in total. The lowest BCUT2D eigenvalue weighted by Crippen LogP contribution is -2.71. The van der Waals surface area contributed by atoms with E-state index in [1.165, 1.54) is 36.1 Å². The number of likely N-dealkylation sites (N-methyl/N-ethyl adjacent to an activating group) is 1. The second-order valence-electron chi connectivity index (χ2n) is 9.25. The molecule has 0 aliphatic carbocycles. The molecule has 15 nitrogen and oxygen atoms in total. The fraction of sp³-hybridized carbons (Fsp3) is 0.400. The first-order valence-corrected chi connectivity index (χ1v) is 13.5. The van der Waals surface area contributed by atoms with Crippen LogP contribution in [0.3, 0.4) is 0 Å². The summed E-state index contributed by atoms with van der Waals surface area (Å²) < 4.78 is 4.91. The summed E-state index contributed by atoms with van der Waals surface area (Å²) in [6.07, 6.45) is 0. The monoisotopic (exact) mass is 589 g/mol. The predicted molar refractivity (Wildman–Crippen MR) is 140 cm³/mol. The molecule has 4 rings (SSSR count). The number of piperazine rings is 1. The number of fused-ring (bicyclic) bond motifs is 1. The maximum atomic E-state index is 13.4. The molecule has 0 saturated carbocycles. The van der Waals surface area contributed by atoms with E-state index >= 15 is 0 Å². The number of urea groups is 1. The van der Waals surface area contributed by atoms with Crippen LogP contribution in [0.25, 0.3) is 0 Å². The number of phenols is 1. The number of carbonyl (C=O) groups is 7. The van der Waals surface area contributed by atoms with Gasteiger partial charge in [-0.05, 0) is 24.6 Å². The largest absolute Gasteiger partial charge is 0.508 e. The van der Waals surface area contributed by atoms with Crippen molar-refractivity contribution < 1.29 is 48.5 Å². The summed E-state index contributed by atoms with van der Waals surface area (Å²) in [6.45, 7) is 2.86. The van der Waals surface area contributed by atoms with Crippen molar-refractivity contribution in [2.75, 3.05) is 32.0 Å². The SMILES string of the molecule is CCN1CCN(C(=O)NC(C(=O)N[C@@H]2C(=O)N3C(C(=O)O)=C(COC(C)=O)CS[C@H]23)c2ccc(O)cc2)C(=O)C1=O. The van der Waals surface area contributed by atoms with Crippen molar-refractivity contribution in [1.29, 1.82) is 0 Å². The Labute approximate surface area is 237 Å². The van der Waals surface area contributed by atoms with Crippen molar-refractivity contribution in [2.45, 2.75) is 31.3 Å². The molecule has 2 fully saturated rings. The molecule has 0 radical (unpaired) electrons. The molecule has 3 heterocycles. The number of β-lactam (4-membered cyclic amide) rings is 1. The number of phenolic OH excluding ortho intramolecular Hbond substituents is 1. The number of thioether (sulfide) groups is 1. The van der Waals surface area contributed by atoms with E-state index in [1.54, 1.807) is 6.92 Å². The molecule has 218 valence electrons. The molecular formula is C25H27N5O10S. The minimum Gasteiger partial charge on any atom is -0.508 e. The summed E-state index contributed by atoms with van der Waals surface area (Å²) in [5.74, 6) is -5.49.